The van der Waals surface area contributed by atoms with Crippen LogP contribution in [0.1, 0.15) is 40.2 Å². The highest BCUT2D eigenvalue weighted by molar-refractivity contribution is 5.79. The number of hydrogen-bond donors (Lipinski definition) is 1. The van der Waals surface area contributed by atoms with Gasteiger partial charge in [-0.2, -0.15) is 13.2 Å². The Morgan fingerprint density at radius 3 is 2.24 bits per heavy atom. The molecule has 6 heteroatoms. The number of benzene rings is 3. The molecule has 0 atom stereocenters. The van der Waals surface area contributed by atoms with Crippen LogP contribution in [0.5, 0.6) is 0 Å². The number of carbonyl (C=O) groups excluding carboxylic acids is 1. The van der Waals surface area contributed by atoms with Crippen LogP contribution in [-0.2, 0) is 10.9 Å². The zero-order chi connectivity index (χ0) is 23.4. The Bertz CT molecular complexity index is 1140. The molecule has 0 saturated carbocycles. The number of aryl methyl sites for hydroxylation is 1. The molecule has 1 amide bonds. The van der Waals surface area contributed by atoms with Crippen molar-refractivity contribution >= 4 is 12.2 Å². The number of amides is 1. The zero-order valence-corrected chi connectivity index (χ0v) is 18.2. The fourth-order valence-corrected chi connectivity index (χ4v) is 4.24. The van der Waals surface area contributed by atoms with Gasteiger partial charge in [-0.1, -0.05) is 72.8 Å². The quantitative estimate of drug-likeness (QED) is 0.412. The molecule has 4 rings (SSSR count). The average Bonchev–Trinajstić information content (AvgIpc) is 3.10. The molecule has 1 aliphatic rings. The Morgan fingerprint density at radius 2 is 1.64 bits per heavy atom. The molecule has 0 heterocycles. The van der Waals surface area contributed by atoms with Crippen LogP contribution in [0.4, 0.5) is 18.0 Å². The van der Waals surface area contributed by atoms with Crippen molar-refractivity contribution in [2.75, 3.05) is 13.2 Å². The first-order valence-corrected chi connectivity index (χ1v) is 10.8. The largest absolute Gasteiger partial charge is 0.449 e. The van der Waals surface area contributed by atoms with Crippen molar-refractivity contribution in [1.29, 1.82) is 0 Å². The third kappa shape index (κ3) is 5.11. The lowest BCUT2D eigenvalue weighted by atomic mass is 9.98. The number of ether oxygens (including phenoxy) is 1. The molecule has 3 aromatic carbocycles. The fourth-order valence-electron chi connectivity index (χ4n) is 4.24. The molecule has 1 N–H and O–H groups in total. The number of alkyl halides is 3. The number of alkyl carbamates (subject to hydrolysis) is 1. The second-order valence-corrected chi connectivity index (χ2v) is 8.02. The number of fused-ring (bicyclic) bond motifs is 3. The van der Waals surface area contributed by atoms with Gasteiger partial charge in [0.25, 0.3) is 0 Å². The average molecular weight is 451 g/mol. The minimum absolute atomic E-state index is 0.00551. The lowest BCUT2D eigenvalue weighted by molar-refractivity contribution is -0.138. The van der Waals surface area contributed by atoms with Crippen molar-refractivity contribution in [2.45, 2.75) is 25.4 Å². The molecule has 0 unspecified atom stereocenters. The Morgan fingerprint density at radius 1 is 1.00 bits per heavy atom. The summed E-state index contributed by atoms with van der Waals surface area (Å²) in [6.07, 6.45) is -0.752. The highest BCUT2D eigenvalue weighted by Gasteiger charge is 2.32. The summed E-state index contributed by atoms with van der Waals surface area (Å²) in [5.74, 6) is 0.00551. The summed E-state index contributed by atoms with van der Waals surface area (Å²) in [5, 5.41) is 2.72. The van der Waals surface area contributed by atoms with E-state index in [2.05, 4.69) is 29.6 Å². The summed E-state index contributed by atoms with van der Waals surface area (Å²) >= 11 is 0. The monoisotopic (exact) mass is 451 g/mol. The van der Waals surface area contributed by atoms with Crippen molar-refractivity contribution in [3.8, 4) is 11.1 Å². The second kappa shape index (κ2) is 9.53. The lowest BCUT2D eigenvalue weighted by Gasteiger charge is -2.14. The van der Waals surface area contributed by atoms with Crippen molar-refractivity contribution in [3.05, 3.63) is 101 Å². The van der Waals surface area contributed by atoms with Crippen molar-refractivity contribution in [3.63, 3.8) is 0 Å². The zero-order valence-electron chi connectivity index (χ0n) is 18.2. The molecule has 0 spiro atoms. The number of halogens is 3. The van der Waals surface area contributed by atoms with Crippen LogP contribution < -0.4 is 5.32 Å². The van der Waals surface area contributed by atoms with Gasteiger partial charge < -0.3 is 10.1 Å². The van der Waals surface area contributed by atoms with Gasteiger partial charge in [0.05, 0.1) is 5.56 Å². The first-order chi connectivity index (χ1) is 15.8. The third-order valence-electron chi connectivity index (χ3n) is 5.79. The Kier molecular flexibility index (Phi) is 6.54. The van der Waals surface area contributed by atoms with Gasteiger partial charge in [-0.25, -0.2) is 4.79 Å². The molecular weight excluding hydrogens is 427 g/mol. The molecule has 0 saturated heterocycles. The van der Waals surface area contributed by atoms with E-state index in [4.69, 9.17) is 4.74 Å². The summed E-state index contributed by atoms with van der Waals surface area (Å²) in [4.78, 5) is 12.2. The van der Waals surface area contributed by atoms with Gasteiger partial charge in [0.15, 0.2) is 0 Å². The van der Waals surface area contributed by atoms with Crippen molar-refractivity contribution in [1.82, 2.24) is 5.32 Å². The van der Waals surface area contributed by atoms with E-state index in [1.165, 1.54) is 30.2 Å². The molecule has 0 bridgehead atoms. The smallest absolute Gasteiger partial charge is 0.416 e. The summed E-state index contributed by atoms with van der Waals surface area (Å²) in [5.41, 5.74) is 4.89. The molecule has 3 nitrogen and oxygen atoms in total. The van der Waals surface area contributed by atoms with Gasteiger partial charge in [-0.05, 0) is 52.8 Å². The van der Waals surface area contributed by atoms with Crippen LogP contribution in [-0.4, -0.2) is 19.2 Å². The van der Waals surface area contributed by atoms with Gasteiger partial charge in [0, 0.05) is 12.5 Å². The minimum Gasteiger partial charge on any atom is -0.449 e. The lowest BCUT2D eigenvalue weighted by Crippen LogP contribution is -2.26. The Labute approximate surface area is 190 Å². The number of rotatable bonds is 6. The number of hydrogen-bond acceptors (Lipinski definition) is 2. The van der Waals surface area contributed by atoms with E-state index in [-0.39, 0.29) is 18.1 Å². The standard InChI is InChI=1S/C27H24F3NO2/c1-18-16-19(13-14-25(18)27(28,29)30)8-6-7-15-31-26(32)33-17-24-22-11-4-2-9-20(22)21-10-3-5-12-23(21)24/h2-6,8-14,16,24H,7,15,17H2,1H3,(H,31,32). The summed E-state index contributed by atoms with van der Waals surface area (Å²) in [6, 6.07) is 20.3. The normalized spacial score (nSPS) is 13.1. The maximum atomic E-state index is 12.8. The molecule has 0 radical (unpaired) electrons. The molecule has 33 heavy (non-hydrogen) atoms. The Balaban J connectivity index is 1.26. The summed E-state index contributed by atoms with van der Waals surface area (Å²) in [7, 11) is 0. The fraction of sp³-hybridized carbons (Fsp3) is 0.222. The first kappa shape index (κ1) is 22.6. The van der Waals surface area contributed by atoms with Crippen LogP contribution in [0.2, 0.25) is 0 Å². The molecule has 1 aliphatic carbocycles. The molecule has 3 aromatic rings. The maximum Gasteiger partial charge on any atom is 0.416 e. The predicted molar refractivity (Wildman–Crippen MR) is 123 cm³/mol. The van der Waals surface area contributed by atoms with Gasteiger partial charge in [-0.15, -0.1) is 0 Å². The minimum atomic E-state index is -4.35. The molecule has 0 fully saturated rings. The first-order valence-electron chi connectivity index (χ1n) is 10.8. The number of nitrogens with one attached hydrogen (secondary N) is 1. The van der Waals surface area contributed by atoms with E-state index in [1.54, 1.807) is 6.08 Å². The van der Waals surface area contributed by atoms with Crippen LogP contribution in [0.25, 0.3) is 17.2 Å². The van der Waals surface area contributed by atoms with Crippen LogP contribution in [0.3, 0.4) is 0 Å². The Hall–Kier alpha value is -3.54. The maximum absolute atomic E-state index is 12.8. The van der Waals surface area contributed by atoms with Gasteiger partial charge >= 0.3 is 12.3 Å². The molecular formula is C27H24F3NO2. The van der Waals surface area contributed by atoms with Gasteiger partial charge in [-0.3, -0.25) is 0 Å². The van der Waals surface area contributed by atoms with E-state index in [0.717, 1.165) is 17.2 Å². The van der Waals surface area contributed by atoms with Gasteiger partial charge in [0.2, 0.25) is 0 Å². The highest BCUT2D eigenvalue weighted by Crippen LogP contribution is 2.44. The van der Waals surface area contributed by atoms with E-state index in [1.807, 2.05) is 30.3 Å². The molecule has 0 aliphatic heterocycles. The van der Waals surface area contributed by atoms with Gasteiger partial charge in [0.1, 0.15) is 6.61 Å². The van der Waals surface area contributed by atoms with E-state index in [9.17, 15) is 18.0 Å². The van der Waals surface area contributed by atoms with Crippen LogP contribution >= 0.6 is 0 Å². The van der Waals surface area contributed by atoms with Crippen LogP contribution in [0, 0.1) is 6.92 Å². The van der Waals surface area contributed by atoms with Crippen molar-refractivity contribution in [2.24, 2.45) is 0 Å². The number of carbonyl (C=O) groups is 1. The summed E-state index contributed by atoms with van der Waals surface area (Å²) < 4.78 is 44.0. The van der Waals surface area contributed by atoms with Crippen LogP contribution in [0.15, 0.2) is 72.8 Å². The topological polar surface area (TPSA) is 38.3 Å². The third-order valence-corrected chi connectivity index (χ3v) is 5.79. The molecule has 0 aromatic heterocycles. The van der Waals surface area contributed by atoms with E-state index in [0.29, 0.717) is 18.5 Å². The molecule has 170 valence electrons. The SMILES string of the molecule is Cc1cc(C=CCCNC(=O)OCC2c3ccccc3-c3ccccc32)ccc1C(F)(F)F. The second-order valence-electron chi connectivity index (χ2n) is 8.02. The highest BCUT2D eigenvalue weighted by atomic mass is 19.4. The predicted octanol–water partition coefficient (Wildman–Crippen LogP) is 6.96. The van der Waals surface area contributed by atoms with E-state index < -0.39 is 17.8 Å². The van der Waals surface area contributed by atoms with Crippen molar-refractivity contribution < 1.29 is 22.7 Å². The summed E-state index contributed by atoms with van der Waals surface area (Å²) in [6.45, 7) is 2.06. The van der Waals surface area contributed by atoms with E-state index >= 15 is 0 Å².